The topological polar surface area (TPSA) is 51.4 Å². The normalized spacial score (nSPS) is 10.3. The van der Waals surface area contributed by atoms with E-state index in [9.17, 15) is 0 Å². The van der Waals surface area contributed by atoms with Crippen LogP contribution < -0.4 is 15.4 Å². The van der Waals surface area contributed by atoms with Gasteiger partial charge in [-0.2, -0.15) is 0 Å². The van der Waals surface area contributed by atoms with E-state index < -0.39 is 0 Å². The van der Waals surface area contributed by atoms with Crippen molar-refractivity contribution < 1.29 is 4.74 Å². The fraction of sp³-hybridized carbons (Fsp3) is 0.615. The van der Waals surface area contributed by atoms with Gasteiger partial charge in [-0.25, -0.2) is 4.98 Å². The molecule has 0 amide bonds. The number of pyridine rings is 1. The number of aromatic nitrogens is 1. The number of hydrogen-bond acceptors (Lipinski definition) is 4. The van der Waals surface area contributed by atoms with Crippen LogP contribution in [0.25, 0.3) is 0 Å². The lowest BCUT2D eigenvalue weighted by Crippen LogP contribution is -2.31. The molecule has 4 nitrogen and oxygen atoms in total. The Kier molecular flexibility index (Phi) is 6.40. The third-order valence-corrected chi connectivity index (χ3v) is 2.40. The van der Waals surface area contributed by atoms with Crippen LogP contribution in [0, 0.1) is 0 Å². The summed E-state index contributed by atoms with van der Waals surface area (Å²) in [6.45, 7) is 7.37. The van der Waals surface area contributed by atoms with E-state index in [2.05, 4.69) is 23.7 Å². The third kappa shape index (κ3) is 4.23. The first-order valence-electron chi connectivity index (χ1n) is 6.36. The van der Waals surface area contributed by atoms with Gasteiger partial charge in [-0.3, -0.25) is 0 Å². The summed E-state index contributed by atoms with van der Waals surface area (Å²) in [4.78, 5) is 6.60. The van der Waals surface area contributed by atoms with E-state index in [4.69, 9.17) is 10.5 Å². The fourth-order valence-corrected chi connectivity index (χ4v) is 1.69. The summed E-state index contributed by atoms with van der Waals surface area (Å²) >= 11 is 0. The predicted molar refractivity (Wildman–Crippen MR) is 71.6 cm³/mol. The van der Waals surface area contributed by atoms with Gasteiger partial charge in [0.25, 0.3) is 0 Å². The smallest absolute Gasteiger partial charge is 0.171 e. The Bertz CT molecular complexity index is 311. The Morgan fingerprint density at radius 2 is 2.12 bits per heavy atom. The second-order valence-electron chi connectivity index (χ2n) is 3.95. The highest BCUT2D eigenvalue weighted by molar-refractivity contribution is 5.52. The molecule has 1 rings (SSSR count). The van der Waals surface area contributed by atoms with Crippen LogP contribution in [0.1, 0.15) is 26.7 Å². The Balaban J connectivity index is 2.83. The molecule has 1 aromatic heterocycles. The monoisotopic (exact) mass is 237 g/mol. The van der Waals surface area contributed by atoms with Gasteiger partial charge in [-0.1, -0.05) is 13.8 Å². The lowest BCUT2D eigenvalue weighted by Gasteiger charge is -2.24. The molecule has 4 heteroatoms. The molecule has 0 saturated heterocycles. The van der Waals surface area contributed by atoms with Gasteiger partial charge in [0.1, 0.15) is 0 Å². The van der Waals surface area contributed by atoms with E-state index in [1.165, 1.54) is 0 Å². The van der Waals surface area contributed by atoms with Gasteiger partial charge < -0.3 is 15.4 Å². The molecule has 0 atom stereocenters. The Morgan fingerprint density at radius 3 is 2.76 bits per heavy atom. The van der Waals surface area contributed by atoms with Crippen LogP contribution in [0.2, 0.25) is 0 Å². The molecule has 0 saturated carbocycles. The van der Waals surface area contributed by atoms with Gasteiger partial charge in [0.15, 0.2) is 11.6 Å². The summed E-state index contributed by atoms with van der Waals surface area (Å²) in [5.41, 5.74) is 5.64. The number of nitrogens with two attached hydrogens (primary N) is 1. The molecule has 2 N–H and O–H groups in total. The Hall–Kier alpha value is -1.29. The van der Waals surface area contributed by atoms with E-state index >= 15 is 0 Å². The molecule has 0 aromatic carbocycles. The Labute approximate surface area is 104 Å². The van der Waals surface area contributed by atoms with Crippen molar-refractivity contribution in [1.29, 1.82) is 0 Å². The van der Waals surface area contributed by atoms with Crippen molar-refractivity contribution in [3.63, 3.8) is 0 Å². The summed E-state index contributed by atoms with van der Waals surface area (Å²) in [5.74, 6) is 1.77. The average molecular weight is 237 g/mol. The maximum Gasteiger partial charge on any atom is 0.171 e. The molecule has 96 valence electrons. The van der Waals surface area contributed by atoms with E-state index in [1.54, 1.807) is 6.20 Å². The van der Waals surface area contributed by atoms with Gasteiger partial charge >= 0.3 is 0 Å². The van der Waals surface area contributed by atoms with Gasteiger partial charge in [0, 0.05) is 25.8 Å². The maximum absolute atomic E-state index is 5.71. The quantitative estimate of drug-likeness (QED) is 0.752. The van der Waals surface area contributed by atoms with Gasteiger partial charge in [0.2, 0.25) is 0 Å². The highest BCUT2D eigenvalue weighted by atomic mass is 16.5. The number of hydrogen-bond donors (Lipinski definition) is 1. The zero-order valence-corrected chi connectivity index (χ0v) is 10.9. The lowest BCUT2D eigenvalue weighted by atomic mass is 10.3. The van der Waals surface area contributed by atoms with Crippen LogP contribution in [-0.2, 0) is 0 Å². The average Bonchev–Trinajstić information content (AvgIpc) is 2.36. The van der Waals surface area contributed by atoms with Crippen LogP contribution in [0.15, 0.2) is 18.3 Å². The molecule has 0 aliphatic rings. The van der Waals surface area contributed by atoms with Crippen molar-refractivity contribution in [1.82, 2.24) is 4.98 Å². The first kappa shape index (κ1) is 13.8. The van der Waals surface area contributed by atoms with Crippen molar-refractivity contribution in [2.45, 2.75) is 26.7 Å². The molecule has 17 heavy (non-hydrogen) atoms. The van der Waals surface area contributed by atoms with E-state index in [0.29, 0.717) is 6.54 Å². The number of ether oxygens (including phenoxy) is 1. The highest BCUT2D eigenvalue weighted by Crippen LogP contribution is 2.25. The molecular formula is C13H23N3O. The van der Waals surface area contributed by atoms with Crippen molar-refractivity contribution in [2.75, 3.05) is 31.1 Å². The van der Waals surface area contributed by atoms with Crippen molar-refractivity contribution in [2.24, 2.45) is 5.73 Å². The lowest BCUT2D eigenvalue weighted by molar-refractivity contribution is 0.316. The highest BCUT2D eigenvalue weighted by Gasteiger charge is 2.11. The maximum atomic E-state index is 5.71. The standard InChI is InChI=1S/C13H23N3O/c1-3-9-16(10-7-14)13-12(17-11-4-2)6-5-8-15-13/h5-6,8H,3-4,7,9-11,14H2,1-2H3. The first-order chi connectivity index (χ1) is 8.33. The fourth-order valence-electron chi connectivity index (χ4n) is 1.69. The molecule has 0 bridgehead atoms. The number of rotatable bonds is 8. The van der Waals surface area contributed by atoms with Gasteiger partial charge in [0.05, 0.1) is 6.61 Å². The van der Waals surface area contributed by atoms with E-state index in [-0.39, 0.29) is 0 Å². The SMILES string of the molecule is CCCOc1cccnc1N(CCC)CCN. The molecule has 0 spiro atoms. The summed E-state index contributed by atoms with van der Waals surface area (Å²) in [6.07, 6.45) is 3.87. The second kappa shape index (κ2) is 7.90. The number of anilines is 1. The second-order valence-corrected chi connectivity index (χ2v) is 3.95. The van der Waals surface area contributed by atoms with Crippen LogP contribution >= 0.6 is 0 Å². The van der Waals surface area contributed by atoms with E-state index in [1.807, 2.05) is 12.1 Å². The van der Waals surface area contributed by atoms with Gasteiger partial charge in [-0.15, -0.1) is 0 Å². The predicted octanol–water partition coefficient (Wildman–Crippen LogP) is 2.05. The molecule has 0 radical (unpaired) electrons. The Morgan fingerprint density at radius 1 is 1.29 bits per heavy atom. The molecular weight excluding hydrogens is 214 g/mol. The summed E-state index contributed by atoms with van der Waals surface area (Å²) < 4.78 is 5.71. The van der Waals surface area contributed by atoms with Crippen LogP contribution in [0.5, 0.6) is 5.75 Å². The summed E-state index contributed by atoms with van der Waals surface area (Å²) in [5, 5.41) is 0. The van der Waals surface area contributed by atoms with Crippen molar-refractivity contribution in [3.05, 3.63) is 18.3 Å². The van der Waals surface area contributed by atoms with Crippen molar-refractivity contribution in [3.8, 4) is 5.75 Å². The van der Waals surface area contributed by atoms with Crippen LogP contribution in [-0.4, -0.2) is 31.2 Å². The van der Waals surface area contributed by atoms with Crippen LogP contribution in [0.3, 0.4) is 0 Å². The zero-order chi connectivity index (χ0) is 12.5. The molecule has 0 aliphatic carbocycles. The molecule has 0 aliphatic heterocycles. The zero-order valence-electron chi connectivity index (χ0n) is 10.9. The van der Waals surface area contributed by atoms with E-state index in [0.717, 1.165) is 44.1 Å². The minimum Gasteiger partial charge on any atom is -0.490 e. The molecule has 0 fully saturated rings. The largest absolute Gasteiger partial charge is 0.490 e. The minimum atomic E-state index is 0.629. The number of nitrogens with zero attached hydrogens (tertiary/aromatic N) is 2. The molecule has 1 heterocycles. The minimum absolute atomic E-state index is 0.629. The van der Waals surface area contributed by atoms with Crippen LogP contribution in [0.4, 0.5) is 5.82 Å². The molecule has 0 unspecified atom stereocenters. The molecule has 1 aromatic rings. The third-order valence-electron chi connectivity index (χ3n) is 2.40. The van der Waals surface area contributed by atoms with Crippen molar-refractivity contribution >= 4 is 5.82 Å². The summed E-state index contributed by atoms with van der Waals surface area (Å²) in [7, 11) is 0. The first-order valence-corrected chi connectivity index (χ1v) is 6.36. The van der Waals surface area contributed by atoms with Gasteiger partial charge in [-0.05, 0) is 25.0 Å². The summed E-state index contributed by atoms with van der Waals surface area (Å²) in [6, 6.07) is 3.87.